The molecular formula is C12H16BFO2. The molecule has 0 atom stereocenters. The van der Waals surface area contributed by atoms with Crippen molar-refractivity contribution in [3.05, 3.63) is 29.6 Å². The second-order valence-electron chi connectivity index (χ2n) is 3.40. The van der Waals surface area contributed by atoms with Crippen LogP contribution in [0.5, 0.6) is 0 Å². The summed E-state index contributed by atoms with van der Waals surface area (Å²) in [7, 11) is 5.40. The fourth-order valence-electron chi connectivity index (χ4n) is 1.43. The highest BCUT2D eigenvalue weighted by Gasteiger charge is 2.10. The molecule has 0 unspecified atom stereocenters. The average molecular weight is 222 g/mol. The first-order chi connectivity index (χ1) is 7.67. The van der Waals surface area contributed by atoms with Crippen LogP contribution in [0.3, 0.4) is 0 Å². The SMILES string of the molecule is [B]c1ccc(CC(OCC)OCC)cc1F. The zero-order chi connectivity index (χ0) is 12.0. The maximum Gasteiger partial charge on any atom is 0.161 e. The Morgan fingerprint density at radius 3 is 2.38 bits per heavy atom. The summed E-state index contributed by atoms with van der Waals surface area (Å²) in [6, 6.07) is 4.75. The molecule has 0 aromatic heterocycles. The lowest BCUT2D eigenvalue weighted by molar-refractivity contribution is -0.134. The third-order valence-corrected chi connectivity index (χ3v) is 2.17. The van der Waals surface area contributed by atoms with E-state index in [4.69, 9.17) is 17.3 Å². The number of benzene rings is 1. The molecule has 2 nitrogen and oxygen atoms in total. The van der Waals surface area contributed by atoms with Gasteiger partial charge in [-0.15, -0.1) is 0 Å². The summed E-state index contributed by atoms with van der Waals surface area (Å²) < 4.78 is 24.0. The summed E-state index contributed by atoms with van der Waals surface area (Å²) in [6.07, 6.45) is 0.205. The highest BCUT2D eigenvalue weighted by molar-refractivity contribution is 6.32. The molecule has 1 aromatic carbocycles. The summed E-state index contributed by atoms with van der Waals surface area (Å²) in [5.74, 6) is -0.399. The maximum atomic E-state index is 13.2. The van der Waals surface area contributed by atoms with E-state index in [1.807, 2.05) is 13.8 Å². The Bertz CT molecular complexity index is 325. The Kier molecular flexibility index (Phi) is 5.50. The topological polar surface area (TPSA) is 18.5 Å². The van der Waals surface area contributed by atoms with E-state index in [-0.39, 0.29) is 11.8 Å². The molecule has 0 bridgehead atoms. The lowest BCUT2D eigenvalue weighted by Crippen LogP contribution is -2.21. The minimum absolute atomic E-state index is 0.160. The van der Waals surface area contributed by atoms with Gasteiger partial charge in [0.15, 0.2) is 6.29 Å². The van der Waals surface area contributed by atoms with E-state index >= 15 is 0 Å². The molecule has 1 rings (SSSR count). The summed E-state index contributed by atoms with van der Waals surface area (Å²) in [4.78, 5) is 0. The summed E-state index contributed by atoms with van der Waals surface area (Å²) in [6.45, 7) is 4.94. The molecule has 0 amide bonds. The molecule has 0 aliphatic carbocycles. The molecule has 4 heteroatoms. The van der Waals surface area contributed by atoms with Crippen molar-refractivity contribution in [2.45, 2.75) is 26.6 Å². The van der Waals surface area contributed by atoms with E-state index in [2.05, 4.69) is 0 Å². The van der Waals surface area contributed by atoms with Crippen molar-refractivity contribution >= 4 is 13.3 Å². The fourth-order valence-corrected chi connectivity index (χ4v) is 1.43. The van der Waals surface area contributed by atoms with Crippen LogP contribution in [-0.2, 0) is 15.9 Å². The molecule has 0 saturated heterocycles. The minimum Gasteiger partial charge on any atom is -0.353 e. The molecule has 0 N–H and O–H groups in total. The summed E-state index contributed by atoms with van der Waals surface area (Å²) in [5.41, 5.74) is 0.978. The van der Waals surface area contributed by atoms with Crippen molar-refractivity contribution < 1.29 is 13.9 Å². The molecule has 2 radical (unpaired) electrons. The second-order valence-corrected chi connectivity index (χ2v) is 3.40. The Balaban J connectivity index is 2.65. The van der Waals surface area contributed by atoms with Crippen LogP contribution in [0.4, 0.5) is 4.39 Å². The summed E-state index contributed by atoms with van der Waals surface area (Å²) >= 11 is 0. The second kappa shape index (κ2) is 6.66. The van der Waals surface area contributed by atoms with Crippen molar-refractivity contribution in [3.8, 4) is 0 Å². The Morgan fingerprint density at radius 1 is 1.25 bits per heavy atom. The van der Waals surface area contributed by atoms with Gasteiger partial charge in [-0.05, 0) is 25.5 Å². The zero-order valence-electron chi connectivity index (χ0n) is 9.70. The molecule has 0 heterocycles. The first-order valence-electron chi connectivity index (χ1n) is 5.44. The van der Waals surface area contributed by atoms with E-state index in [0.29, 0.717) is 19.6 Å². The van der Waals surface area contributed by atoms with Crippen molar-refractivity contribution in [3.63, 3.8) is 0 Å². The van der Waals surface area contributed by atoms with Gasteiger partial charge in [0.1, 0.15) is 13.7 Å². The highest BCUT2D eigenvalue weighted by atomic mass is 19.1. The molecule has 0 saturated carbocycles. The van der Waals surface area contributed by atoms with Crippen LogP contribution in [0.1, 0.15) is 19.4 Å². The van der Waals surface area contributed by atoms with Crippen molar-refractivity contribution in [1.29, 1.82) is 0 Å². The molecule has 86 valence electrons. The molecule has 0 fully saturated rings. The van der Waals surface area contributed by atoms with Gasteiger partial charge in [0.2, 0.25) is 0 Å². The number of ether oxygens (including phenoxy) is 2. The third-order valence-electron chi connectivity index (χ3n) is 2.17. The van der Waals surface area contributed by atoms with E-state index < -0.39 is 5.82 Å². The van der Waals surface area contributed by atoms with E-state index in [9.17, 15) is 4.39 Å². The van der Waals surface area contributed by atoms with Gasteiger partial charge in [-0.1, -0.05) is 17.6 Å². The maximum absolute atomic E-state index is 13.2. The number of hydrogen-bond donors (Lipinski definition) is 0. The smallest absolute Gasteiger partial charge is 0.161 e. The standard InChI is InChI=1S/C12H16BFO2/c1-3-15-12(16-4-2)8-9-5-6-10(13)11(14)7-9/h5-7,12H,3-4,8H2,1-2H3. The minimum atomic E-state index is -0.399. The Morgan fingerprint density at radius 2 is 1.88 bits per heavy atom. The molecule has 16 heavy (non-hydrogen) atoms. The average Bonchev–Trinajstić information content (AvgIpc) is 2.24. The lowest BCUT2D eigenvalue weighted by Gasteiger charge is -2.17. The molecule has 0 spiro atoms. The third kappa shape index (κ3) is 3.95. The lowest BCUT2D eigenvalue weighted by atomic mass is 9.94. The summed E-state index contributed by atoms with van der Waals surface area (Å²) in [5, 5.41) is 0. The highest BCUT2D eigenvalue weighted by Crippen LogP contribution is 2.08. The molecule has 0 aliphatic heterocycles. The first kappa shape index (κ1) is 13.2. The number of halogens is 1. The van der Waals surface area contributed by atoms with E-state index in [1.54, 1.807) is 12.1 Å². The zero-order valence-corrected chi connectivity index (χ0v) is 9.70. The normalized spacial score (nSPS) is 11.0. The fraction of sp³-hybridized carbons (Fsp3) is 0.500. The van der Waals surface area contributed by atoms with Crippen molar-refractivity contribution in [1.82, 2.24) is 0 Å². The predicted molar refractivity (Wildman–Crippen MR) is 62.5 cm³/mol. The van der Waals surface area contributed by atoms with E-state index in [1.165, 1.54) is 6.07 Å². The number of rotatable bonds is 6. The predicted octanol–water partition coefficient (Wildman–Crippen LogP) is 1.56. The van der Waals surface area contributed by atoms with Crippen LogP contribution >= 0.6 is 0 Å². The van der Waals surface area contributed by atoms with Gasteiger partial charge in [0, 0.05) is 19.6 Å². The van der Waals surface area contributed by atoms with Gasteiger partial charge in [0.25, 0.3) is 0 Å². The van der Waals surface area contributed by atoms with Crippen LogP contribution in [0.25, 0.3) is 0 Å². The Labute approximate surface area is 97.2 Å². The van der Waals surface area contributed by atoms with Gasteiger partial charge >= 0.3 is 0 Å². The van der Waals surface area contributed by atoms with Gasteiger partial charge in [0.05, 0.1) is 0 Å². The monoisotopic (exact) mass is 222 g/mol. The van der Waals surface area contributed by atoms with Crippen LogP contribution < -0.4 is 5.46 Å². The van der Waals surface area contributed by atoms with Crippen molar-refractivity contribution in [2.24, 2.45) is 0 Å². The van der Waals surface area contributed by atoms with Crippen LogP contribution in [0, 0.1) is 5.82 Å². The molecule has 0 aliphatic rings. The van der Waals surface area contributed by atoms with Gasteiger partial charge in [-0.2, -0.15) is 0 Å². The van der Waals surface area contributed by atoms with Gasteiger partial charge < -0.3 is 9.47 Å². The van der Waals surface area contributed by atoms with Crippen molar-refractivity contribution in [2.75, 3.05) is 13.2 Å². The van der Waals surface area contributed by atoms with Gasteiger partial charge in [-0.3, -0.25) is 0 Å². The van der Waals surface area contributed by atoms with Crippen LogP contribution in [-0.4, -0.2) is 27.4 Å². The van der Waals surface area contributed by atoms with E-state index in [0.717, 1.165) is 5.56 Å². The number of hydrogen-bond acceptors (Lipinski definition) is 2. The quantitative estimate of drug-likeness (QED) is 0.537. The van der Waals surface area contributed by atoms with Crippen LogP contribution in [0.15, 0.2) is 18.2 Å². The first-order valence-corrected chi connectivity index (χ1v) is 5.44. The largest absolute Gasteiger partial charge is 0.353 e. The van der Waals surface area contributed by atoms with Gasteiger partial charge in [-0.25, -0.2) is 4.39 Å². The molecular weight excluding hydrogens is 206 g/mol. The Hall–Kier alpha value is -0.865. The molecule has 1 aromatic rings. The van der Waals surface area contributed by atoms with Crippen LogP contribution in [0.2, 0.25) is 0 Å².